The van der Waals surface area contributed by atoms with Crippen LogP contribution in [0.3, 0.4) is 0 Å². The molecule has 1 fully saturated rings. The van der Waals surface area contributed by atoms with Crippen LogP contribution >= 0.6 is 15.9 Å². The van der Waals surface area contributed by atoms with Gasteiger partial charge in [-0.3, -0.25) is 0 Å². The molecule has 1 atom stereocenters. The molecule has 1 heterocycles. The molecule has 0 aromatic heterocycles. The van der Waals surface area contributed by atoms with E-state index in [1.165, 1.54) is 0 Å². The lowest BCUT2D eigenvalue weighted by Crippen LogP contribution is -2.35. The third-order valence-electron chi connectivity index (χ3n) is 3.76. The lowest BCUT2D eigenvalue weighted by Gasteiger charge is -2.23. The van der Waals surface area contributed by atoms with Crippen molar-refractivity contribution >= 4 is 26.0 Å². The molecule has 1 aliphatic rings. The van der Waals surface area contributed by atoms with Gasteiger partial charge in [-0.2, -0.15) is 4.31 Å². The molecule has 1 N–H and O–H groups in total. The molecule has 1 aromatic carbocycles. The summed E-state index contributed by atoms with van der Waals surface area (Å²) in [4.78, 5) is 0.373. The zero-order chi connectivity index (χ0) is 14.8. The van der Waals surface area contributed by atoms with Crippen LogP contribution < -0.4 is 5.32 Å². The van der Waals surface area contributed by atoms with E-state index in [9.17, 15) is 8.42 Å². The van der Waals surface area contributed by atoms with Gasteiger partial charge in [0.1, 0.15) is 0 Å². The first-order chi connectivity index (χ1) is 9.50. The van der Waals surface area contributed by atoms with Crippen molar-refractivity contribution in [3.05, 3.63) is 28.2 Å². The molecule has 1 unspecified atom stereocenters. The summed E-state index contributed by atoms with van der Waals surface area (Å²) in [5, 5.41) is 3.06. The Labute approximate surface area is 129 Å². The van der Waals surface area contributed by atoms with E-state index in [0.717, 1.165) is 31.4 Å². The fraction of sp³-hybridized carbons (Fsp3) is 0.571. The van der Waals surface area contributed by atoms with Gasteiger partial charge in [-0.05, 0) is 59.9 Å². The summed E-state index contributed by atoms with van der Waals surface area (Å²) in [6.07, 6.45) is 2.78. The number of hydrogen-bond donors (Lipinski definition) is 1. The molecule has 0 amide bonds. The molecule has 1 aromatic rings. The lowest BCUT2D eigenvalue weighted by atomic mass is 10.2. The summed E-state index contributed by atoms with van der Waals surface area (Å²) >= 11 is 3.41. The van der Waals surface area contributed by atoms with Crippen molar-refractivity contribution in [2.75, 3.05) is 13.6 Å². The summed E-state index contributed by atoms with van der Waals surface area (Å²) in [6, 6.07) is 5.59. The first-order valence-corrected chi connectivity index (χ1v) is 9.19. The molecule has 1 aliphatic heterocycles. The molecule has 112 valence electrons. The van der Waals surface area contributed by atoms with E-state index >= 15 is 0 Å². The molecule has 0 saturated carbocycles. The molecule has 2 rings (SSSR count). The third kappa shape index (κ3) is 3.08. The molecular formula is C14H21BrN2O2S. The quantitative estimate of drug-likeness (QED) is 0.877. The number of sulfonamides is 1. The van der Waals surface area contributed by atoms with E-state index in [4.69, 9.17) is 0 Å². The van der Waals surface area contributed by atoms with Gasteiger partial charge in [0, 0.05) is 23.6 Å². The second-order valence-electron chi connectivity index (χ2n) is 5.12. The molecular weight excluding hydrogens is 340 g/mol. The highest BCUT2D eigenvalue weighted by Gasteiger charge is 2.35. The zero-order valence-electron chi connectivity index (χ0n) is 11.9. The Morgan fingerprint density at radius 1 is 1.45 bits per heavy atom. The van der Waals surface area contributed by atoms with Crippen LogP contribution in [-0.2, 0) is 16.6 Å². The first kappa shape index (κ1) is 15.9. The standard InChI is InChI=1S/C14H21BrN2O2S/c1-3-12-5-4-8-17(12)20(18,19)14-7-6-11(10-16-2)9-13(14)15/h6-7,9,12,16H,3-5,8,10H2,1-2H3. The number of nitrogens with one attached hydrogen (secondary N) is 1. The minimum atomic E-state index is -3.40. The molecule has 0 aliphatic carbocycles. The van der Waals surface area contributed by atoms with E-state index in [0.29, 0.717) is 15.9 Å². The monoisotopic (exact) mass is 360 g/mol. The second kappa shape index (κ2) is 6.56. The van der Waals surface area contributed by atoms with Gasteiger partial charge in [0.05, 0.1) is 4.90 Å². The Balaban J connectivity index is 2.34. The first-order valence-electron chi connectivity index (χ1n) is 6.95. The Morgan fingerprint density at radius 2 is 2.20 bits per heavy atom. The number of nitrogens with zero attached hydrogens (tertiary/aromatic N) is 1. The maximum Gasteiger partial charge on any atom is 0.244 e. The van der Waals surface area contributed by atoms with E-state index in [1.807, 2.05) is 26.1 Å². The summed E-state index contributed by atoms with van der Waals surface area (Å²) in [5.41, 5.74) is 1.06. The largest absolute Gasteiger partial charge is 0.316 e. The fourth-order valence-electron chi connectivity index (χ4n) is 2.73. The van der Waals surface area contributed by atoms with Gasteiger partial charge in [0.15, 0.2) is 0 Å². The van der Waals surface area contributed by atoms with Gasteiger partial charge in [-0.25, -0.2) is 8.42 Å². The zero-order valence-corrected chi connectivity index (χ0v) is 14.3. The average Bonchev–Trinajstić information content (AvgIpc) is 2.88. The van der Waals surface area contributed by atoms with E-state index in [-0.39, 0.29) is 6.04 Å². The van der Waals surface area contributed by atoms with Crippen LogP contribution in [0.1, 0.15) is 31.7 Å². The molecule has 0 spiro atoms. The summed E-state index contributed by atoms with van der Waals surface area (Å²) in [5.74, 6) is 0. The lowest BCUT2D eigenvalue weighted by molar-refractivity contribution is 0.379. The maximum absolute atomic E-state index is 12.8. The van der Waals surface area contributed by atoms with Crippen molar-refractivity contribution in [3.8, 4) is 0 Å². The summed E-state index contributed by atoms with van der Waals surface area (Å²) < 4.78 is 27.9. The van der Waals surface area contributed by atoms with Gasteiger partial charge in [-0.1, -0.05) is 13.0 Å². The SMILES string of the molecule is CCC1CCCN1S(=O)(=O)c1ccc(CNC)cc1Br. The number of halogens is 1. The van der Waals surface area contributed by atoms with E-state index in [2.05, 4.69) is 21.2 Å². The molecule has 1 saturated heterocycles. The van der Waals surface area contributed by atoms with Crippen molar-refractivity contribution in [1.82, 2.24) is 9.62 Å². The van der Waals surface area contributed by atoms with Crippen molar-refractivity contribution in [1.29, 1.82) is 0 Å². The molecule has 0 radical (unpaired) electrons. The minimum Gasteiger partial charge on any atom is -0.316 e. The van der Waals surface area contributed by atoms with Crippen LogP contribution in [0.2, 0.25) is 0 Å². The highest BCUT2D eigenvalue weighted by Crippen LogP contribution is 2.31. The Bertz CT molecular complexity index is 575. The highest BCUT2D eigenvalue weighted by atomic mass is 79.9. The van der Waals surface area contributed by atoms with Gasteiger partial charge in [0.2, 0.25) is 10.0 Å². The van der Waals surface area contributed by atoms with Crippen molar-refractivity contribution < 1.29 is 8.42 Å². The summed E-state index contributed by atoms with van der Waals surface area (Å²) in [7, 11) is -1.53. The molecule has 20 heavy (non-hydrogen) atoms. The van der Waals surface area contributed by atoms with Crippen molar-refractivity contribution in [2.24, 2.45) is 0 Å². The van der Waals surface area contributed by atoms with Crippen LogP contribution in [0.25, 0.3) is 0 Å². The van der Waals surface area contributed by atoms with Crippen molar-refractivity contribution in [2.45, 2.75) is 43.7 Å². The van der Waals surface area contributed by atoms with Crippen LogP contribution in [-0.4, -0.2) is 32.4 Å². The highest BCUT2D eigenvalue weighted by molar-refractivity contribution is 9.10. The topological polar surface area (TPSA) is 49.4 Å². The molecule has 0 bridgehead atoms. The van der Waals surface area contributed by atoms with Gasteiger partial charge in [-0.15, -0.1) is 0 Å². The maximum atomic E-state index is 12.8. The second-order valence-corrected chi connectivity index (χ2v) is 7.83. The summed E-state index contributed by atoms with van der Waals surface area (Å²) in [6.45, 7) is 3.40. The molecule has 6 heteroatoms. The van der Waals surface area contributed by atoms with Gasteiger partial charge >= 0.3 is 0 Å². The van der Waals surface area contributed by atoms with Gasteiger partial charge in [0.25, 0.3) is 0 Å². The van der Waals surface area contributed by atoms with Crippen LogP contribution in [0.5, 0.6) is 0 Å². The average molecular weight is 361 g/mol. The number of benzene rings is 1. The normalized spacial score (nSPS) is 20.4. The number of rotatable bonds is 5. The fourth-order valence-corrected chi connectivity index (χ4v) is 5.58. The number of hydrogen-bond acceptors (Lipinski definition) is 3. The Morgan fingerprint density at radius 3 is 2.80 bits per heavy atom. The Hall–Kier alpha value is -0.430. The molecule has 4 nitrogen and oxygen atoms in total. The van der Waals surface area contributed by atoms with Crippen LogP contribution in [0.15, 0.2) is 27.6 Å². The van der Waals surface area contributed by atoms with Crippen LogP contribution in [0, 0.1) is 0 Å². The van der Waals surface area contributed by atoms with E-state index < -0.39 is 10.0 Å². The van der Waals surface area contributed by atoms with Crippen LogP contribution in [0.4, 0.5) is 0 Å². The van der Waals surface area contributed by atoms with Gasteiger partial charge < -0.3 is 5.32 Å². The minimum absolute atomic E-state index is 0.142. The third-order valence-corrected chi connectivity index (χ3v) is 6.69. The predicted molar refractivity (Wildman–Crippen MR) is 84.1 cm³/mol. The van der Waals surface area contributed by atoms with Crippen molar-refractivity contribution in [3.63, 3.8) is 0 Å². The Kier molecular flexibility index (Phi) is 5.23. The smallest absolute Gasteiger partial charge is 0.244 e. The van der Waals surface area contributed by atoms with E-state index in [1.54, 1.807) is 10.4 Å². The predicted octanol–water partition coefficient (Wildman–Crippen LogP) is 2.73.